The molecule has 0 heterocycles. The molecule has 0 fully saturated rings. The summed E-state index contributed by atoms with van der Waals surface area (Å²) in [4.78, 5) is 0. The minimum Gasteiger partial charge on any atom is -0.394 e. The molecule has 14 heteroatoms. The van der Waals surface area contributed by atoms with Crippen LogP contribution in [0.15, 0.2) is 0 Å². The van der Waals surface area contributed by atoms with Gasteiger partial charge in [0.15, 0.2) is 0 Å². The van der Waals surface area contributed by atoms with Crippen LogP contribution in [0.25, 0.3) is 0 Å². The van der Waals surface area contributed by atoms with E-state index in [0.29, 0.717) is 106 Å². The average molecular weight is 663 g/mol. The lowest BCUT2D eigenvalue weighted by Gasteiger charge is -2.22. The van der Waals surface area contributed by atoms with E-state index in [1.807, 2.05) is 34.6 Å². The standard InChI is InChI=1S/C19H40O7.C12H26O7/c1-14(20)8-22-16(3)10-24-18(5)12-26-19(6)13-25-17(4)11-23-15(2)9-21-7;13-1-3-15-5-7-17-9-11-19-12-10-18-8-6-16-4-2-14/h14-20H,8-13H2,1-7H3;13-14H,1-12H2. The third kappa shape index (κ3) is 39.5. The minimum atomic E-state index is -0.463. The molecule has 0 aliphatic rings. The highest BCUT2D eigenvalue weighted by molar-refractivity contribution is 4.58. The van der Waals surface area contributed by atoms with Gasteiger partial charge in [0.1, 0.15) is 0 Å². The van der Waals surface area contributed by atoms with Gasteiger partial charge in [-0.1, -0.05) is 0 Å². The Morgan fingerprint density at radius 2 is 0.622 bits per heavy atom. The Labute approximate surface area is 271 Å². The van der Waals surface area contributed by atoms with Crippen LogP contribution in [0.4, 0.5) is 0 Å². The van der Waals surface area contributed by atoms with Crippen molar-refractivity contribution in [1.29, 1.82) is 0 Å². The van der Waals surface area contributed by atoms with Gasteiger partial charge >= 0.3 is 0 Å². The minimum absolute atomic E-state index is 0.000874. The van der Waals surface area contributed by atoms with Crippen molar-refractivity contribution in [3.05, 3.63) is 0 Å². The lowest BCUT2D eigenvalue weighted by Crippen LogP contribution is -2.29. The van der Waals surface area contributed by atoms with Crippen LogP contribution < -0.4 is 0 Å². The zero-order chi connectivity index (χ0) is 34.0. The van der Waals surface area contributed by atoms with Crippen LogP contribution in [0.1, 0.15) is 41.5 Å². The van der Waals surface area contributed by atoms with Crippen molar-refractivity contribution in [3.8, 4) is 0 Å². The first-order valence-electron chi connectivity index (χ1n) is 16.0. The highest BCUT2D eigenvalue weighted by Crippen LogP contribution is 2.03. The van der Waals surface area contributed by atoms with Gasteiger partial charge in [-0.2, -0.15) is 0 Å². The highest BCUT2D eigenvalue weighted by Gasteiger charge is 2.13. The van der Waals surface area contributed by atoms with Gasteiger partial charge in [0, 0.05) is 7.11 Å². The lowest BCUT2D eigenvalue weighted by molar-refractivity contribution is -0.101. The van der Waals surface area contributed by atoms with E-state index < -0.39 is 6.10 Å². The van der Waals surface area contributed by atoms with Crippen molar-refractivity contribution in [2.45, 2.75) is 78.2 Å². The summed E-state index contributed by atoms with van der Waals surface area (Å²) in [6.07, 6.45) is -0.524. The Kier molecular flexibility index (Phi) is 37.5. The van der Waals surface area contributed by atoms with Gasteiger partial charge in [0.05, 0.1) is 156 Å². The van der Waals surface area contributed by atoms with E-state index in [1.165, 1.54) is 0 Å². The Hall–Kier alpha value is -0.560. The molecule has 0 rings (SSSR count). The number of hydrogen-bond donors (Lipinski definition) is 3. The van der Waals surface area contributed by atoms with Crippen LogP contribution in [-0.4, -0.2) is 178 Å². The summed E-state index contributed by atoms with van der Waals surface area (Å²) >= 11 is 0. The maximum Gasteiger partial charge on any atom is 0.0781 e. The van der Waals surface area contributed by atoms with Gasteiger partial charge in [-0.15, -0.1) is 0 Å². The van der Waals surface area contributed by atoms with Gasteiger partial charge in [0.2, 0.25) is 0 Å². The second kappa shape index (κ2) is 36.3. The van der Waals surface area contributed by atoms with E-state index >= 15 is 0 Å². The molecule has 0 spiro atoms. The molecule has 0 aromatic heterocycles. The molecule has 0 aromatic carbocycles. The molecular formula is C31H66O14. The monoisotopic (exact) mass is 662 g/mol. The van der Waals surface area contributed by atoms with Crippen LogP contribution in [0, 0.1) is 0 Å². The van der Waals surface area contributed by atoms with Gasteiger partial charge in [-0.25, -0.2) is 0 Å². The van der Waals surface area contributed by atoms with E-state index in [0.717, 1.165) is 0 Å². The number of rotatable bonds is 33. The van der Waals surface area contributed by atoms with Crippen molar-refractivity contribution in [1.82, 2.24) is 0 Å². The molecule has 3 N–H and O–H groups in total. The molecule has 14 nitrogen and oxygen atoms in total. The largest absolute Gasteiger partial charge is 0.394 e. The van der Waals surface area contributed by atoms with Crippen LogP contribution in [0.2, 0.25) is 0 Å². The normalized spacial score (nSPS) is 15.6. The van der Waals surface area contributed by atoms with Crippen LogP contribution in [0.3, 0.4) is 0 Å². The van der Waals surface area contributed by atoms with E-state index in [1.54, 1.807) is 14.0 Å². The zero-order valence-corrected chi connectivity index (χ0v) is 29.0. The van der Waals surface area contributed by atoms with E-state index in [-0.39, 0.29) is 43.7 Å². The molecule has 0 bridgehead atoms. The second-order valence-corrected chi connectivity index (χ2v) is 10.5. The molecule has 0 aliphatic carbocycles. The molecule has 0 aliphatic heterocycles. The lowest BCUT2D eigenvalue weighted by atomic mass is 10.3. The first kappa shape index (κ1) is 46.6. The van der Waals surface area contributed by atoms with Crippen molar-refractivity contribution in [2.75, 3.05) is 126 Å². The van der Waals surface area contributed by atoms with E-state index in [2.05, 4.69) is 0 Å². The quantitative estimate of drug-likeness (QED) is 0.0857. The molecular weight excluding hydrogens is 596 g/mol. The second-order valence-electron chi connectivity index (χ2n) is 10.5. The molecule has 0 amide bonds. The molecule has 6 atom stereocenters. The molecule has 0 saturated carbocycles. The van der Waals surface area contributed by atoms with Crippen LogP contribution >= 0.6 is 0 Å². The fraction of sp³-hybridized carbons (Fsp3) is 1.00. The summed E-state index contributed by atoms with van der Waals surface area (Å²) in [7, 11) is 1.66. The molecule has 0 aromatic rings. The van der Waals surface area contributed by atoms with Crippen molar-refractivity contribution in [3.63, 3.8) is 0 Å². The third-order valence-corrected chi connectivity index (χ3v) is 5.44. The molecule has 0 radical (unpaired) electrons. The number of aliphatic hydroxyl groups excluding tert-OH is 3. The Bertz CT molecular complexity index is 544. The Balaban J connectivity index is 0. The van der Waals surface area contributed by atoms with Crippen molar-refractivity contribution in [2.24, 2.45) is 0 Å². The zero-order valence-electron chi connectivity index (χ0n) is 29.0. The van der Waals surface area contributed by atoms with Gasteiger partial charge in [-0.05, 0) is 41.5 Å². The first-order valence-corrected chi connectivity index (χ1v) is 16.0. The third-order valence-electron chi connectivity index (χ3n) is 5.44. The predicted octanol–water partition coefficient (Wildman–Crippen LogP) is 1.09. The van der Waals surface area contributed by atoms with Gasteiger partial charge in [-0.3, -0.25) is 0 Å². The smallest absolute Gasteiger partial charge is 0.0781 e. The summed E-state index contributed by atoms with van der Waals surface area (Å²) < 4.78 is 59.1. The topological polar surface area (TPSA) is 162 Å². The Morgan fingerprint density at radius 1 is 0.378 bits per heavy atom. The molecule has 274 valence electrons. The van der Waals surface area contributed by atoms with Crippen molar-refractivity contribution >= 4 is 0 Å². The summed E-state index contributed by atoms with van der Waals surface area (Å²) in [6, 6.07) is 0. The van der Waals surface area contributed by atoms with E-state index in [9.17, 15) is 5.11 Å². The van der Waals surface area contributed by atoms with Gasteiger partial charge in [0.25, 0.3) is 0 Å². The summed E-state index contributed by atoms with van der Waals surface area (Å²) in [5.41, 5.74) is 0. The first-order chi connectivity index (χ1) is 21.7. The number of ether oxygens (including phenoxy) is 11. The van der Waals surface area contributed by atoms with Crippen LogP contribution in [0.5, 0.6) is 0 Å². The number of aliphatic hydroxyl groups is 3. The maximum atomic E-state index is 9.19. The predicted molar refractivity (Wildman–Crippen MR) is 169 cm³/mol. The fourth-order valence-electron chi connectivity index (χ4n) is 3.09. The number of hydrogen-bond acceptors (Lipinski definition) is 14. The maximum absolute atomic E-state index is 9.19. The molecule has 0 saturated heterocycles. The fourth-order valence-corrected chi connectivity index (χ4v) is 3.09. The molecule has 6 unspecified atom stereocenters. The summed E-state index contributed by atoms with van der Waals surface area (Å²) in [6.45, 7) is 19.2. The number of methoxy groups -OCH3 is 1. The highest BCUT2D eigenvalue weighted by atomic mass is 16.6. The van der Waals surface area contributed by atoms with Crippen molar-refractivity contribution < 1.29 is 67.4 Å². The summed E-state index contributed by atoms with van der Waals surface area (Å²) in [5, 5.41) is 26.1. The SMILES string of the molecule is COCC(C)OCC(C)OCC(C)OCC(C)OCC(C)OCC(C)O.OCCOCCOCCOCCOCCOCCO. The molecule has 45 heavy (non-hydrogen) atoms. The average Bonchev–Trinajstić information content (AvgIpc) is 3.02. The van der Waals surface area contributed by atoms with E-state index in [4.69, 9.17) is 62.3 Å². The van der Waals surface area contributed by atoms with Crippen LogP contribution in [-0.2, 0) is 52.1 Å². The Morgan fingerprint density at radius 3 is 0.867 bits per heavy atom. The van der Waals surface area contributed by atoms with Gasteiger partial charge < -0.3 is 67.4 Å². The summed E-state index contributed by atoms with van der Waals surface area (Å²) in [5.74, 6) is 0.